The average molecular weight is 528 g/mol. The third-order valence-corrected chi connectivity index (χ3v) is 6.65. The van der Waals surface area contributed by atoms with Crippen molar-refractivity contribution in [1.29, 1.82) is 0 Å². The van der Waals surface area contributed by atoms with Gasteiger partial charge in [-0.2, -0.15) is 10.1 Å². The van der Waals surface area contributed by atoms with Crippen molar-refractivity contribution >= 4 is 39.4 Å². The summed E-state index contributed by atoms with van der Waals surface area (Å²) in [5.41, 5.74) is 15.0. The number of anilines is 3. The average Bonchev–Trinajstić information content (AvgIpc) is 3.31. The van der Waals surface area contributed by atoms with E-state index in [-0.39, 0.29) is 17.5 Å². The Kier molecular flexibility index (Phi) is 5.95. The van der Waals surface area contributed by atoms with E-state index in [1.807, 2.05) is 50.3 Å². The molecule has 0 amide bonds. The highest BCUT2D eigenvalue weighted by atomic mass is 16.6. The van der Waals surface area contributed by atoms with Crippen LogP contribution in [0, 0.1) is 0 Å². The number of aromatic nitrogens is 5. The molecule has 4 heterocycles. The zero-order chi connectivity index (χ0) is 27.3. The topological polar surface area (TPSA) is 153 Å². The zero-order valence-corrected chi connectivity index (χ0v) is 21.9. The number of aromatic amines is 1. The molecule has 0 radical (unpaired) electrons. The number of likely N-dealkylation sites (N-methyl/N-ethyl adjacent to an activating group) is 1. The van der Waals surface area contributed by atoms with Gasteiger partial charge in [-0.25, -0.2) is 4.98 Å². The number of nitrogens with zero attached hydrogens (tertiary/aromatic N) is 6. The number of nitrogens with two attached hydrogens (primary N) is 2. The molecule has 6 rings (SSSR count). The van der Waals surface area contributed by atoms with Crippen molar-refractivity contribution in [3.8, 4) is 17.2 Å². The highest BCUT2D eigenvalue weighted by Gasteiger charge is 2.25. The van der Waals surface area contributed by atoms with E-state index in [0.29, 0.717) is 63.9 Å². The zero-order valence-electron chi connectivity index (χ0n) is 21.9. The molecule has 0 saturated carbocycles. The Morgan fingerprint density at radius 1 is 1.10 bits per heavy atom. The molecule has 1 atom stereocenters. The maximum atomic E-state index is 13.7. The van der Waals surface area contributed by atoms with E-state index in [1.54, 1.807) is 29.0 Å². The van der Waals surface area contributed by atoms with Gasteiger partial charge < -0.3 is 30.7 Å². The van der Waals surface area contributed by atoms with E-state index in [2.05, 4.69) is 20.1 Å². The minimum atomic E-state index is -0.309. The van der Waals surface area contributed by atoms with Crippen molar-refractivity contribution in [2.24, 2.45) is 0 Å². The summed E-state index contributed by atoms with van der Waals surface area (Å²) in [7, 11) is 5.89. The first kappa shape index (κ1) is 24.5. The monoisotopic (exact) mass is 527 g/mol. The lowest BCUT2D eigenvalue weighted by Crippen LogP contribution is -2.40. The lowest BCUT2D eigenvalue weighted by Gasteiger charge is -2.29. The number of nitrogens with one attached hydrogen (secondary N) is 1. The smallest absolute Gasteiger partial charge is 0.270 e. The maximum Gasteiger partial charge on any atom is 0.270 e. The largest absolute Gasteiger partial charge is 0.486 e. The van der Waals surface area contributed by atoms with E-state index in [9.17, 15) is 4.79 Å². The van der Waals surface area contributed by atoms with Crippen LogP contribution < -0.4 is 31.4 Å². The number of benzene rings is 2. The Labute approximate surface area is 223 Å². The van der Waals surface area contributed by atoms with Gasteiger partial charge in [0, 0.05) is 31.5 Å². The normalized spacial score (nSPS) is 14.8. The van der Waals surface area contributed by atoms with Gasteiger partial charge in [0.15, 0.2) is 29.1 Å². The molecule has 0 unspecified atom stereocenters. The Morgan fingerprint density at radius 3 is 2.67 bits per heavy atom. The van der Waals surface area contributed by atoms with E-state index >= 15 is 0 Å². The predicted octanol–water partition coefficient (Wildman–Crippen LogP) is 2.16. The minimum Gasteiger partial charge on any atom is -0.486 e. The van der Waals surface area contributed by atoms with Crippen molar-refractivity contribution in [3.05, 3.63) is 64.6 Å². The maximum absolute atomic E-state index is 13.7. The number of fused-ring (bicyclic) bond motifs is 4. The third-order valence-electron chi connectivity index (χ3n) is 6.65. The Bertz CT molecular complexity index is 1740. The van der Waals surface area contributed by atoms with Crippen LogP contribution in [0.5, 0.6) is 11.5 Å². The third kappa shape index (κ3) is 4.44. The van der Waals surface area contributed by atoms with Gasteiger partial charge in [-0.1, -0.05) is 12.1 Å². The van der Waals surface area contributed by atoms with E-state index in [4.69, 9.17) is 25.9 Å². The van der Waals surface area contributed by atoms with Gasteiger partial charge in [0.25, 0.3) is 5.56 Å². The van der Waals surface area contributed by atoms with Gasteiger partial charge in [-0.15, -0.1) is 0 Å². The van der Waals surface area contributed by atoms with E-state index in [0.717, 1.165) is 12.1 Å². The quantitative estimate of drug-likeness (QED) is 0.280. The van der Waals surface area contributed by atoms with Crippen LogP contribution in [-0.4, -0.2) is 70.0 Å². The van der Waals surface area contributed by atoms with Crippen LogP contribution in [0.15, 0.2) is 53.5 Å². The molecule has 1 aliphatic rings. The number of H-pyrrole nitrogens is 1. The fourth-order valence-electron chi connectivity index (χ4n) is 4.83. The standard InChI is InChI=1S/C27H29N9O3/c1-34(2)12-15-4-7-17(8-5-15)36-25-19(23-22(26(36)37)24(29)33-32-23)11-30-27(31-25)35(3)13-18-14-38-21-10-16(28)6-9-20(21)39-18/h4-11,18H,12-14,28H2,1-3H3,(H3,29,32,33)/t18-/m0/s1. The first-order valence-corrected chi connectivity index (χ1v) is 12.5. The fourth-order valence-corrected chi connectivity index (χ4v) is 4.83. The summed E-state index contributed by atoms with van der Waals surface area (Å²) >= 11 is 0. The SMILES string of the molecule is CN(C)Cc1ccc(-n2c(=O)c3c(N)n[nH]c3c3cnc(N(C)C[C@H]4COc5cc(N)ccc5O4)nc32)cc1. The molecule has 3 aromatic heterocycles. The highest BCUT2D eigenvalue weighted by molar-refractivity contribution is 6.05. The first-order valence-electron chi connectivity index (χ1n) is 12.5. The van der Waals surface area contributed by atoms with Crippen LogP contribution in [0.2, 0.25) is 0 Å². The van der Waals surface area contributed by atoms with Crippen LogP contribution in [0.4, 0.5) is 17.5 Å². The Balaban J connectivity index is 1.39. The van der Waals surface area contributed by atoms with Crippen molar-refractivity contribution in [2.45, 2.75) is 12.6 Å². The van der Waals surface area contributed by atoms with Gasteiger partial charge >= 0.3 is 0 Å². The second kappa shape index (κ2) is 9.48. The molecular formula is C27H29N9O3. The van der Waals surface area contributed by atoms with Crippen LogP contribution in [0.3, 0.4) is 0 Å². The molecule has 2 aromatic carbocycles. The summed E-state index contributed by atoms with van der Waals surface area (Å²) in [6.07, 6.45) is 1.42. The molecule has 5 aromatic rings. The number of rotatable bonds is 6. The Hall–Kier alpha value is -4.84. The lowest BCUT2D eigenvalue weighted by atomic mass is 10.1. The Morgan fingerprint density at radius 2 is 1.90 bits per heavy atom. The van der Waals surface area contributed by atoms with Gasteiger partial charge in [0.05, 0.1) is 23.1 Å². The minimum absolute atomic E-state index is 0.132. The molecule has 200 valence electrons. The molecule has 39 heavy (non-hydrogen) atoms. The van der Waals surface area contributed by atoms with E-state index < -0.39 is 0 Å². The number of hydrogen-bond acceptors (Lipinski definition) is 10. The van der Waals surface area contributed by atoms with E-state index in [1.165, 1.54) is 0 Å². The highest BCUT2D eigenvalue weighted by Crippen LogP contribution is 2.33. The van der Waals surface area contributed by atoms with Crippen molar-refractivity contribution in [1.82, 2.24) is 29.6 Å². The molecule has 1 aliphatic heterocycles. The summed E-state index contributed by atoms with van der Waals surface area (Å²) in [6, 6.07) is 13.1. The van der Waals surface area contributed by atoms with Crippen molar-refractivity contribution < 1.29 is 9.47 Å². The summed E-state index contributed by atoms with van der Waals surface area (Å²) in [4.78, 5) is 27.1. The van der Waals surface area contributed by atoms with Crippen LogP contribution in [0.25, 0.3) is 27.6 Å². The number of nitrogen functional groups attached to an aromatic ring is 2. The molecule has 0 fully saturated rings. The molecule has 12 nitrogen and oxygen atoms in total. The molecule has 0 bridgehead atoms. The first-order chi connectivity index (χ1) is 18.8. The van der Waals surface area contributed by atoms with Crippen molar-refractivity contribution in [3.63, 3.8) is 0 Å². The summed E-state index contributed by atoms with van der Waals surface area (Å²) in [6.45, 7) is 1.59. The molecule has 0 spiro atoms. The predicted molar refractivity (Wildman–Crippen MR) is 151 cm³/mol. The number of hydrogen-bond donors (Lipinski definition) is 3. The van der Waals surface area contributed by atoms with Crippen LogP contribution in [0.1, 0.15) is 5.56 Å². The number of pyridine rings is 1. The van der Waals surface area contributed by atoms with Gasteiger partial charge in [-0.3, -0.25) is 14.5 Å². The molecule has 0 aliphatic carbocycles. The van der Waals surface area contributed by atoms with Gasteiger partial charge in [0.1, 0.15) is 12.0 Å². The van der Waals surface area contributed by atoms with Crippen LogP contribution in [-0.2, 0) is 6.54 Å². The summed E-state index contributed by atoms with van der Waals surface area (Å²) in [5, 5.41) is 7.89. The van der Waals surface area contributed by atoms with Gasteiger partial charge in [-0.05, 0) is 43.9 Å². The molecular weight excluding hydrogens is 498 g/mol. The second-order valence-electron chi connectivity index (χ2n) is 9.95. The van der Waals surface area contributed by atoms with Gasteiger partial charge in [0.2, 0.25) is 5.95 Å². The summed E-state index contributed by atoms with van der Waals surface area (Å²) < 4.78 is 13.5. The van der Waals surface area contributed by atoms with Crippen molar-refractivity contribution in [2.75, 3.05) is 50.7 Å². The molecule has 12 heteroatoms. The summed E-state index contributed by atoms with van der Waals surface area (Å²) in [5.74, 6) is 1.82. The molecule has 0 saturated heterocycles. The number of ether oxygens (including phenoxy) is 2. The lowest BCUT2D eigenvalue weighted by molar-refractivity contribution is 0.0959. The molecule has 5 N–H and O–H groups in total. The van der Waals surface area contributed by atoms with Crippen LogP contribution >= 0.6 is 0 Å². The fraction of sp³-hybridized carbons (Fsp3) is 0.259. The second-order valence-corrected chi connectivity index (χ2v) is 9.95.